The summed E-state index contributed by atoms with van der Waals surface area (Å²) in [5, 5.41) is 7.45. The molecule has 1 aliphatic heterocycles. The summed E-state index contributed by atoms with van der Waals surface area (Å²) in [4.78, 5) is 8.63. The molecule has 0 radical (unpaired) electrons. The Morgan fingerprint density at radius 1 is 1.16 bits per heavy atom. The van der Waals surface area contributed by atoms with Crippen LogP contribution in [0.5, 0.6) is 11.5 Å². The third kappa shape index (κ3) is 5.53. The first-order chi connectivity index (χ1) is 17.7. The van der Waals surface area contributed by atoms with E-state index in [2.05, 4.69) is 24.9 Å². The van der Waals surface area contributed by atoms with Gasteiger partial charge in [-0.2, -0.15) is 0 Å². The van der Waals surface area contributed by atoms with E-state index in [0.717, 1.165) is 5.56 Å². The molecule has 1 aromatic carbocycles. The van der Waals surface area contributed by atoms with Crippen molar-refractivity contribution in [2.75, 3.05) is 32.2 Å². The van der Waals surface area contributed by atoms with Gasteiger partial charge in [-0.15, -0.1) is 10.2 Å². The minimum Gasteiger partial charge on any atom is -0.493 e. The van der Waals surface area contributed by atoms with Crippen LogP contribution in [0.1, 0.15) is 44.3 Å². The van der Waals surface area contributed by atoms with Crippen molar-refractivity contribution in [3.63, 3.8) is 0 Å². The van der Waals surface area contributed by atoms with Crippen LogP contribution in [0.2, 0.25) is 0 Å². The van der Waals surface area contributed by atoms with E-state index in [0.29, 0.717) is 22.9 Å². The normalized spacial score (nSPS) is 16.8. The molecule has 0 fully saturated rings. The molecule has 0 aliphatic carbocycles. The van der Waals surface area contributed by atoms with Crippen LogP contribution in [0.4, 0.5) is 5.95 Å². The first kappa shape index (κ1) is 26.8. The molecular formula is C24H32N6O6S. The number of hydrogen-bond donors (Lipinski definition) is 1. The lowest BCUT2D eigenvalue weighted by Gasteiger charge is -2.26. The van der Waals surface area contributed by atoms with Gasteiger partial charge in [0.1, 0.15) is 18.0 Å². The van der Waals surface area contributed by atoms with Crippen molar-refractivity contribution in [3.05, 3.63) is 42.0 Å². The Balaban J connectivity index is 1.73. The van der Waals surface area contributed by atoms with Gasteiger partial charge in [-0.1, -0.05) is 6.07 Å². The number of aryl methyl sites for hydroxylation is 1. The van der Waals surface area contributed by atoms with E-state index in [-0.39, 0.29) is 31.1 Å². The molecule has 0 saturated carbocycles. The molecule has 3 atom stereocenters. The van der Waals surface area contributed by atoms with Crippen molar-refractivity contribution in [2.45, 2.75) is 51.2 Å². The number of aromatic nitrogens is 5. The Labute approximate surface area is 216 Å². The van der Waals surface area contributed by atoms with E-state index in [1.165, 1.54) is 0 Å². The van der Waals surface area contributed by atoms with E-state index in [1.807, 2.05) is 26.8 Å². The van der Waals surface area contributed by atoms with Crippen LogP contribution in [-0.2, 0) is 19.5 Å². The number of sulfonamides is 1. The van der Waals surface area contributed by atoms with Crippen molar-refractivity contribution >= 4 is 16.0 Å². The Bertz CT molecular complexity index is 1330. The van der Waals surface area contributed by atoms with Crippen molar-refractivity contribution < 1.29 is 27.4 Å². The van der Waals surface area contributed by atoms with E-state index in [4.69, 9.17) is 18.9 Å². The molecule has 0 amide bonds. The van der Waals surface area contributed by atoms with Gasteiger partial charge < -0.3 is 18.9 Å². The van der Waals surface area contributed by atoms with Gasteiger partial charge in [0.25, 0.3) is 0 Å². The average molecular weight is 533 g/mol. The molecule has 0 saturated heterocycles. The SMILES string of the molecule is COC[C@@H]1COc2c(OC)cccc2-c2nnc(NS(=O)(=O)[C@@H](C)[C@@H](OC(C)C)c3ncc(C)cn3)n21. The smallest absolute Gasteiger partial charge is 0.240 e. The molecule has 13 heteroatoms. The number of benzene rings is 1. The number of methoxy groups -OCH3 is 2. The van der Waals surface area contributed by atoms with Crippen molar-refractivity contribution in [3.8, 4) is 22.9 Å². The van der Waals surface area contributed by atoms with Crippen LogP contribution < -0.4 is 14.2 Å². The maximum atomic E-state index is 13.6. The zero-order chi connectivity index (χ0) is 26.7. The van der Waals surface area contributed by atoms with Crippen LogP contribution in [0, 0.1) is 6.92 Å². The number of para-hydroxylation sites is 1. The molecule has 200 valence electrons. The van der Waals surface area contributed by atoms with Crippen LogP contribution in [0.25, 0.3) is 11.4 Å². The molecule has 0 spiro atoms. The second kappa shape index (κ2) is 11.0. The summed E-state index contributed by atoms with van der Waals surface area (Å²) in [6, 6.07) is 4.99. The van der Waals surface area contributed by atoms with Crippen LogP contribution in [-0.4, -0.2) is 71.9 Å². The van der Waals surface area contributed by atoms with Gasteiger partial charge in [-0.3, -0.25) is 9.29 Å². The highest BCUT2D eigenvalue weighted by Gasteiger charge is 2.37. The van der Waals surface area contributed by atoms with Crippen LogP contribution in [0.15, 0.2) is 30.6 Å². The fourth-order valence-corrected chi connectivity index (χ4v) is 5.16. The lowest BCUT2D eigenvalue weighted by atomic mass is 10.1. The number of nitrogens with zero attached hydrogens (tertiary/aromatic N) is 5. The van der Waals surface area contributed by atoms with Gasteiger partial charge in [0.05, 0.1) is 31.4 Å². The van der Waals surface area contributed by atoms with E-state index < -0.39 is 27.4 Å². The summed E-state index contributed by atoms with van der Waals surface area (Å²) < 4.78 is 54.4. The number of nitrogens with one attached hydrogen (secondary N) is 1. The van der Waals surface area contributed by atoms with Crippen molar-refractivity contribution in [2.24, 2.45) is 0 Å². The number of anilines is 1. The fourth-order valence-electron chi connectivity index (χ4n) is 4.07. The highest BCUT2D eigenvalue weighted by molar-refractivity contribution is 7.93. The molecule has 3 aromatic rings. The Morgan fingerprint density at radius 3 is 2.54 bits per heavy atom. The second-order valence-electron chi connectivity index (χ2n) is 9.05. The minimum atomic E-state index is -4.04. The molecule has 1 aliphatic rings. The number of hydrogen-bond acceptors (Lipinski definition) is 10. The molecule has 0 bridgehead atoms. The molecule has 12 nitrogen and oxygen atoms in total. The van der Waals surface area contributed by atoms with E-state index >= 15 is 0 Å². The summed E-state index contributed by atoms with van der Waals surface area (Å²) in [6.07, 6.45) is 2.09. The fraction of sp³-hybridized carbons (Fsp3) is 0.500. The Morgan fingerprint density at radius 2 is 1.89 bits per heavy atom. The van der Waals surface area contributed by atoms with Gasteiger partial charge >= 0.3 is 0 Å². The van der Waals surface area contributed by atoms with Crippen molar-refractivity contribution in [1.82, 2.24) is 24.7 Å². The topological polar surface area (TPSA) is 140 Å². The van der Waals surface area contributed by atoms with Gasteiger partial charge in [-0.05, 0) is 45.4 Å². The Kier molecular flexibility index (Phi) is 7.95. The quantitative estimate of drug-likeness (QED) is 0.414. The zero-order valence-electron chi connectivity index (χ0n) is 21.7. The zero-order valence-corrected chi connectivity index (χ0v) is 22.5. The predicted octanol–water partition coefficient (Wildman–Crippen LogP) is 2.93. The molecule has 37 heavy (non-hydrogen) atoms. The monoisotopic (exact) mass is 532 g/mol. The molecule has 3 heterocycles. The summed E-state index contributed by atoms with van der Waals surface area (Å²) >= 11 is 0. The second-order valence-corrected chi connectivity index (χ2v) is 11.1. The highest BCUT2D eigenvalue weighted by Crippen LogP contribution is 2.42. The van der Waals surface area contributed by atoms with Crippen molar-refractivity contribution in [1.29, 1.82) is 0 Å². The maximum Gasteiger partial charge on any atom is 0.240 e. The standard InChI is InChI=1S/C24H32N6O6S/c1-14(2)36-20(22-25-10-15(3)11-26-22)16(4)37(31,32)29-24-28-27-23-18-8-7-9-19(34-6)21(18)35-13-17(12-33-5)30(23)24/h7-11,14,16-17,20H,12-13H2,1-6H3,(H,28,29)/t16-,17+,20+/m0/s1. The largest absolute Gasteiger partial charge is 0.493 e. The molecule has 1 N–H and O–H groups in total. The van der Waals surface area contributed by atoms with E-state index in [9.17, 15) is 8.42 Å². The highest BCUT2D eigenvalue weighted by atomic mass is 32.2. The number of ether oxygens (including phenoxy) is 4. The van der Waals surface area contributed by atoms with Crippen LogP contribution in [0.3, 0.4) is 0 Å². The first-order valence-electron chi connectivity index (χ1n) is 11.9. The van der Waals surface area contributed by atoms with Gasteiger partial charge in [0, 0.05) is 19.5 Å². The van der Waals surface area contributed by atoms with Gasteiger partial charge in [0.2, 0.25) is 16.0 Å². The minimum absolute atomic E-state index is 0.0382. The van der Waals surface area contributed by atoms with Gasteiger partial charge in [-0.25, -0.2) is 18.4 Å². The summed E-state index contributed by atoms with van der Waals surface area (Å²) in [6.45, 7) is 7.48. The molecule has 2 aromatic heterocycles. The van der Waals surface area contributed by atoms with E-state index in [1.54, 1.807) is 50.2 Å². The molecular weight excluding hydrogens is 500 g/mol. The summed E-state index contributed by atoms with van der Waals surface area (Å²) in [7, 11) is -0.934. The van der Waals surface area contributed by atoms with Crippen LogP contribution >= 0.6 is 0 Å². The molecule has 4 rings (SSSR count). The average Bonchev–Trinajstić information content (AvgIpc) is 3.19. The lowest BCUT2D eigenvalue weighted by molar-refractivity contribution is 0.00152. The number of fused-ring (bicyclic) bond motifs is 3. The summed E-state index contributed by atoms with van der Waals surface area (Å²) in [5.41, 5.74) is 1.48. The predicted molar refractivity (Wildman–Crippen MR) is 136 cm³/mol. The third-order valence-corrected chi connectivity index (χ3v) is 7.60. The third-order valence-electron chi connectivity index (χ3n) is 5.90. The Hall–Kier alpha value is -3.29. The maximum absolute atomic E-state index is 13.6. The molecule has 0 unspecified atom stereocenters. The lowest BCUT2D eigenvalue weighted by Crippen LogP contribution is -2.35. The number of rotatable bonds is 10. The van der Waals surface area contributed by atoms with Gasteiger partial charge in [0.15, 0.2) is 23.1 Å². The summed E-state index contributed by atoms with van der Waals surface area (Å²) in [5.74, 6) is 1.78. The first-order valence-corrected chi connectivity index (χ1v) is 13.4.